The molecule has 0 aromatic heterocycles. The number of ether oxygens (including phenoxy) is 2. The summed E-state index contributed by atoms with van der Waals surface area (Å²) in [6.45, 7) is 0. The Morgan fingerprint density at radius 1 is 1.35 bits per heavy atom. The van der Waals surface area contributed by atoms with Gasteiger partial charge in [-0.3, -0.25) is 0 Å². The minimum atomic E-state index is -0.523. The van der Waals surface area contributed by atoms with Crippen molar-refractivity contribution in [3.05, 3.63) is 22.7 Å². The summed E-state index contributed by atoms with van der Waals surface area (Å²) in [7, 11) is 3.10. The Bertz CT molecular complexity index is 491. The second kappa shape index (κ2) is 4.40. The summed E-state index contributed by atoms with van der Waals surface area (Å²) in [5.41, 5.74) is 0.262. The molecule has 1 fully saturated rings. The van der Waals surface area contributed by atoms with Crippen molar-refractivity contribution in [3.63, 3.8) is 0 Å². The summed E-state index contributed by atoms with van der Waals surface area (Å²) in [5, 5.41) is 0.453. The van der Waals surface area contributed by atoms with Gasteiger partial charge >= 0.3 is 0 Å². The molecule has 0 N–H and O–H groups in total. The van der Waals surface area contributed by atoms with Crippen molar-refractivity contribution < 1.29 is 14.3 Å². The summed E-state index contributed by atoms with van der Waals surface area (Å²) >= 11 is 6.10. The van der Waals surface area contributed by atoms with Crippen LogP contribution in [0.25, 0.3) is 0 Å². The van der Waals surface area contributed by atoms with E-state index in [4.69, 9.17) is 21.1 Å². The summed E-state index contributed by atoms with van der Waals surface area (Å²) < 4.78 is 10.4. The van der Waals surface area contributed by atoms with Crippen molar-refractivity contribution in [2.45, 2.75) is 18.4 Å². The summed E-state index contributed by atoms with van der Waals surface area (Å²) in [6.07, 6.45) is 3.20. The van der Waals surface area contributed by atoms with Crippen LogP contribution in [0.3, 0.4) is 0 Å². The Hall–Kier alpha value is -1.51. The van der Waals surface area contributed by atoms with Crippen LogP contribution in [0.5, 0.6) is 11.5 Å². The van der Waals surface area contributed by atoms with E-state index >= 15 is 0 Å². The number of carbonyl (C=O) groups excluding carboxylic acids is 1. The second-order valence-corrected chi connectivity index (χ2v) is 4.33. The number of rotatable bonds is 4. The number of nitrogens with zero attached hydrogens (tertiary/aromatic N) is 1. The maximum absolute atomic E-state index is 10.5. The smallest absolute Gasteiger partial charge is 0.235 e. The Labute approximate surface area is 104 Å². The highest BCUT2D eigenvalue weighted by molar-refractivity contribution is 6.32. The van der Waals surface area contributed by atoms with Gasteiger partial charge in [0.05, 0.1) is 19.2 Å². The Morgan fingerprint density at radius 2 is 2.06 bits per heavy atom. The van der Waals surface area contributed by atoms with Gasteiger partial charge in [-0.15, -0.1) is 0 Å². The fourth-order valence-electron chi connectivity index (χ4n) is 1.89. The van der Waals surface area contributed by atoms with Crippen molar-refractivity contribution in [2.24, 2.45) is 4.99 Å². The molecule has 0 atom stereocenters. The van der Waals surface area contributed by atoms with Gasteiger partial charge in [-0.1, -0.05) is 11.6 Å². The normalized spacial score (nSPS) is 15.9. The molecule has 5 heteroatoms. The number of benzene rings is 1. The molecule has 1 saturated carbocycles. The van der Waals surface area contributed by atoms with Crippen molar-refractivity contribution >= 4 is 17.7 Å². The molecule has 1 aliphatic carbocycles. The van der Waals surface area contributed by atoms with E-state index < -0.39 is 5.54 Å². The number of methoxy groups -OCH3 is 2. The van der Waals surface area contributed by atoms with E-state index in [1.807, 2.05) is 0 Å². The van der Waals surface area contributed by atoms with Gasteiger partial charge in [-0.2, -0.15) is 4.99 Å². The summed E-state index contributed by atoms with van der Waals surface area (Å²) in [6, 6.07) is 3.48. The highest BCUT2D eigenvalue weighted by atomic mass is 35.5. The maximum atomic E-state index is 10.5. The van der Waals surface area contributed by atoms with Crippen molar-refractivity contribution in [2.75, 3.05) is 14.2 Å². The van der Waals surface area contributed by atoms with Crippen molar-refractivity contribution in [1.29, 1.82) is 0 Å². The van der Waals surface area contributed by atoms with Crippen LogP contribution in [-0.2, 0) is 10.3 Å². The first-order valence-electron chi connectivity index (χ1n) is 5.18. The lowest BCUT2D eigenvalue weighted by Crippen LogP contribution is -2.06. The molecule has 1 aromatic carbocycles. The minimum Gasteiger partial charge on any atom is -0.497 e. The molecule has 0 bridgehead atoms. The molecule has 0 saturated heterocycles. The fraction of sp³-hybridized carbons (Fsp3) is 0.417. The molecule has 17 heavy (non-hydrogen) atoms. The predicted molar refractivity (Wildman–Crippen MR) is 63.6 cm³/mol. The van der Waals surface area contributed by atoms with Crippen molar-refractivity contribution in [1.82, 2.24) is 0 Å². The Kier molecular flexibility index (Phi) is 3.09. The molecule has 1 aromatic rings. The molecule has 0 heterocycles. The summed E-state index contributed by atoms with van der Waals surface area (Å²) in [5.74, 6) is 1.17. The van der Waals surface area contributed by atoms with Crippen LogP contribution in [0.2, 0.25) is 5.02 Å². The van der Waals surface area contributed by atoms with Gasteiger partial charge in [0.2, 0.25) is 6.08 Å². The molecule has 1 aliphatic rings. The monoisotopic (exact) mass is 253 g/mol. The topological polar surface area (TPSA) is 47.9 Å². The average molecular weight is 254 g/mol. The fourth-order valence-corrected chi connectivity index (χ4v) is 2.17. The second-order valence-electron chi connectivity index (χ2n) is 3.92. The standard InChI is InChI=1S/C12H12ClNO3/c1-16-8-5-9(11(17-2)10(13)6-8)12(3-4-12)14-7-15/h5-6H,3-4H2,1-2H3. The van der Waals surface area contributed by atoms with E-state index in [1.54, 1.807) is 25.3 Å². The van der Waals surface area contributed by atoms with E-state index in [0.29, 0.717) is 16.5 Å². The van der Waals surface area contributed by atoms with Gasteiger partial charge in [-0.05, 0) is 18.9 Å². The number of hydrogen-bond acceptors (Lipinski definition) is 4. The van der Waals surface area contributed by atoms with Crippen LogP contribution in [0.15, 0.2) is 17.1 Å². The van der Waals surface area contributed by atoms with E-state index in [0.717, 1.165) is 18.4 Å². The molecule has 4 nitrogen and oxygen atoms in total. The number of hydrogen-bond donors (Lipinski definition) is 0. The lowest BCUT2D eigenvalue weighted by atomic mass is 10.0. The van der Waals surface area contributed by atoms with Crippen LogP contribution in [0.4, 0.5) is 0 Å². The van der Waals surface area contributed by atoms with Gasteiger partial charge in [0, 0.05) is 11.6 Å². The Balaban J connectivity index is 2.58. The maximum Gasteiger partial charge on any atom is 0.235 e. The lowest BCUT2D eigenvalue weighted by Gasteiger charge is -2.16. The van der Waals surface area contributed by atoms with E-state index in [2.05, 4.69) is 4.99 Å². The van der Waals surface area contributed by atoms with Crippen LogP contribution >= 0.6 is 11.6 Å². The molecule has 0 aliphatic heterocycles. The van der Waals surface area contributed by atoms with Gasteiger partial charge in [0.25, 0.3) is 0 Å². The van der Waals surface area contributed by atoms with Crippen LogP contribution in [0, 0.1) is 0 Å². The van der Waals surface area contributed by atoms with Crippen LogP contribution in [-0.4, -0.2) is 20.3 Å². The first kappa shape index (κ1) is 12.0. The largest absolute Gasteiger partial charge is 0.497 e. The Morgan fingerprint density at radius 3 is 2.53 bits per heavy atom. The van der Waals surface area contributed by atoms with Gasteiger partial charge in [0.1, 0.15) is 17.0 Å². The third-order valence-corrected chi connectivity index (χ3v) is 3.22. The van der Waals surface area contributed by atoms with Gasteiger partial charge in [-0.25, -0.2) is 4.79 Å². The number of isocyanates is 1. The highest BCUT2D eigenvalue weighted by Crippen LogP contribution is 2.54. The average Bonchev–Trinajstić information content (AvgIpc) is 3.09. The zero-order valence-electron chi connectivity index (χ0n) is 9.62. The highest BCUT2D eigenvalue weighted by Gasteiger charge is 2.47. The molecular weight excluding hydrogens is 242 g/mol. The zero-order chi connectivity index (χ0) is 12.5. The summed E-state index contributed by atoms with van der Waals surface area (Å²) in [4.78, 5) is 14.3. The van der Waals surface area contributed by atoms with Gasteiger partial charge in [0.15, 0.2) is 0 Å². The molecule has 0 amide bonds. The minimum absolute atomic E-state index is 0.453. The zero-order valence-corrected chi connectivity index (χ0v) is 10.4. The van der Waals surface area contributed by atoms with E-state index in [-0.39, 0.29) is 0 Å². The molecule has 90 valence electrons. The molecular formula is C12H12ClNO3. The lowest BCUT2D eigenvalue weighted by molar-refractivity contribution is 0.394. The van der Waals surface area contributed by atoms with Gasteiger partial charge < -0.3 is 9.47 Å². The first-order chi connectivity index (χ1) is 8.16. The predicted octanol–water partition coefficient (Wildman–Crippen LogP) is 2.68. The molecule has 0 radical (unpaired) electrons. The SMILES string of the molecule is COc1cc(Cl)c(OC)c(C2(N=C=O)CC2)c1. The number of aliphatic imine (C=N–C) groups is 1. The quantitative estimate of drug-likeness (QED) is 0.612. The first-order valence-corrected chi connectivity index (χ1v) is 5.55. The molecule has 0 unspecified atom stereocenters. The molecule has 0 spiro atoms. The third kappa shape index (κ3) is 2.02. The van der Waals surface area contributed by atoms with E-state index in [9.17, 15) is 4.79 Å². The van der Waals surface area contributed by atoms with Crippen molar-refractivity contribution in [3.8, 4) is 11.5 Å². The molecule has 2 rings (SSSR count). The van der Waals surface area contributed by atoms with E-state index in [1.165, 1.54) is 7.11 Å². The van der Waals surface area contributed by atoms with Crippen LogP contribution < -0.4 is 9.47 Å². The number of halogens is 1. The third-order valence-electron chi connectivity index (χ3n) is 2.94. The van der Waals surface area contributed by atoms with Crippen LogP contribution in [0.1, 0.15) is 18.4 Å².